The second-order valence-corrected chi connectivity index (χ2v) is 9.21. The predicted octanol–water partition coefficient (Wildman–Crippen LogP) is 17.9. The van der Waals surface area contributed by atoms with Crippen molar-refractivity contribution < 1.29 is 79.2 Å². The summed E-state index contributed by atoms with van der Waals surface area (Å²) in [6.45, 7) is 48.8. The normalized spacial score (nSPS) is 6.93. The standard InChI is InChI=1S/2C9H11.2C8H9.2C3H8.6C2H6.2V.2W/c1-3-9-6-4-8(2)5-7-9;1-3-9-7-5-4-6-8(9)2;2*1-2-8-6-4-3-5-7-8;2*1-3-2;6*1-2;;;;/h2*4-7H,2-3H2,1H3;4-7H,2H2,1H3;3-6H,2H2,1H3;2*3H2,1-2H3;6*1-2H3;;;;/q4*-1;;;;;;;;;;;;. The second-order valence-electron chi connectivity index (χ2n) is 9.21. The first-order valence-corrected chi connectivity index (χ1v) is 21.1. The first-order chi connectivity index (χ1) is 25.4. The summed E-state index contributed by atoms with van der Waals surface area (Å²) in [6.07, 6.45) is 6.90. The molecule has 4 aromatic rings. The summed E-state index contributed by atoms with van der Waals surface area (Å²) in [5, 5.41) is 0. The number of hydrogen-bond donors (Lipinski definition) is 0. The molecule has 0 aliphatic carbocycles. The van der Waals surface area contributed by atoms with E-state index in [1.54, 1.807) is 0 Å². The third kappa shape index (κ3) is 74.2. The van der Waals surface area contributed by atoms with Crippen molar-refractivity contribution in [2.75, 3.05) is 0 Å². The Morgan fingerprint density at radius 3 is 1.02 bits per heavy atom. The molecule has 0 aliphatic heterocycles. The van der Waals surface area contributed by atoms with Crippen LogP contribution in [0.25, 0.3) is 0 Å². The fourth-order valence-corrected chi connectivity index (χ4v) is 2.98. The minimum absolute atomic E-state index is 0. The van der Waals surface area contributed by atoms with E-state index in [0.717, 1.165) is 36.8 Å². The summed E-state index contributed by atoms with van der Waals surface area (Å²) >= 11 is 0. The third-order valence-electron chi connectivity index (χ3n) is 5.28. The van der Waals surface area contributed by atoms with E-state index in [2.05, 4.69) is 118 Å². The van der Waals surface area contributed by atoms with Gasteiger partial charge in [0, 0.05) is 79.2 Å². The van der Waals surface area contributed by atoms with Crippen molar-refractivity contribution in [1.29, 1.82) is 0 Å². The molecule has 0 spiro atoms. The summed E-state index contributed by atoms with van der Waals surface area (Å²) in [5.74, 6) is 0. The number of benzene rings is 4. The van der Waals surface area contributed by atoms with Crippen LogP contribution in [0.3, 0.4) is 0 Å². The van der Waals surface area contributed by atoms with Gasteiger partial charge in [-0.15, -0.1) is 29.8 Å². The minimum Gasteiger partial charge on any atom is -0.199 e. The van der Waals surface area contributed by atoms with E-state index in [-0.39, 0.29) is 79.2 Å². The van der Waals surface area contributed by atoms with E-state index in [0.29, 0.717) is 0 Å². The molecule has 0 fully saturated rings. The van der Waals surface area contributed by atoms with Crippen molar-refractivity contribution in [2.24, 2.45) is 0 Å². The fraction of sp³-hybridized carbons (Fsp3) is 0.500. The molecule has 0 saturated heterocycles. The average Bonchev–Trinajstić information content (AvgIpc) is 3.25. The van der Waals surface area contributed by atoms with Gasteiger partial charge in [0.2, 0.25) is 0 Å². The van der Waals surface area contributed by atoms with Crippen LogP contribution in [0.15, 0.2) is 97.1 Å². The van der Waals surface area contributed by atoms with Crippen LogP contribution in [0, 0.1) is 26.0 Å². The van der Waals surface area contributed by atoms with Crippen molar-refractivity contribution in [3.8, 4) is 0 Å². The first kappa shape index (κ1) is 86.9. The topological polar surface area (TPSA) is 0 Å². The Kier molecular flexibility index (Phi) is 140. The number of aryl methyl sites for hydroxylation is 4. The Labute approximate surface area is 409 Å². The van der Waals surface area contributed by atoms with E-state index in [4.69, 9.17) is 0 Å². The maximum absolute atomic E-state index is 3.89. The summed E-state index contributed by atoms with van der Waals surface area (Å²) in [4.78, 5) is 0. The Morgan fingerprint density at radius 2 is 0.768 bits per heavy atom. The zero-order valence-corrected chi connectivity index (χ0v) is 49.3. The Morgan fingerprint density at radius 1 is 0.411 bits per heavy atom. The van der Waals surface area contributed by atoms with Gasteiger partial charge in [-0.05, 0) is 6.42 Å². The molecule has 2 radical (unpaired) electrons. The zero-order chi connectivity index (χ0) is 42.4. The monoisotopic (exact) mass is 1190 g/mol. The van der Waals surface area contributed by atoms with Gasteiger partial charge >= 0.3 is 0 Å². The molecule has 326 valence electrons. The fourth-order valence-electron chi connectivity index (χ4n) is 2.98. The molecule has 0 amide bonds. The average molecular weight is 1190 g/mol. The quantitative estimate of drug-likeness (QED) is 0.179. The number of hydrogen-bond acceptors (Lipinski definition) is 0. The van der Waals surface area contributed by atoms with Gasteiger partial charge in [-0.1, -0.05) is 182 Å². The Bertz CT molecular complexity index is 998. The van der Waals surface area contributed by atoms with Crippen LogP contribution in [-0.4, -0.2) is 0 Å². The predicted molar refractivity (Wildman–Crippen MR) is 250 cm³/mol. The van der Waals surface area contributed by atoms with Crippen LogP contribution in [0.4, 0.5) is 0 Å². The molecular weight excluding hydrogens is 1090 g/mol. The molecule has 4 aromatic carbocycles. The molecule has 0 unspecified atom stereocenters. The van der Waals surface area contributed by atoms with Gasteiger partial charge in [0.15, 0.2) is 0 Å². The summed E-state index contributed by atoms with van der Waals surface area (Å²) < 4.78 is 0. The molecular formula is C52H92V2W2-4. The van der Waals surface area contributed by atoms with Crippen molar-refractivity contribution in [3.05, 3.63) is 156 Å². The molecule has 4 rings (SSSR count). The molecule has 0 aliphatic rings. The van der Waals surface area contributed by atoms with Crippen LogP contribution in [0.2, 0.25) is 0 Å². The van der Waals surface area contributed by atoms with Gasteiger partial charge in [-0.25, -0.2) is 0 Å². The van der Waals surface area contributed by atoms with Crippen molar-refractivity contribution in [3.63, 3.8) is 0 Å². The van der Waals surface area contributed by atoms with E-state index in [1.807, 2.05) is 144 Å². The van der Waals surface area contributed by atoms with Crippen molar-refractivity contribution >= 4 is 0 Å². The summed E-state index contributed by atoms with van der Waals surface area (Å²) in [5.41, 5.74) is 7.63. The van der Waals surface area contributed by atoms with Crippen LogP contribution in [0.1, 0.15) is 185 Å². The Balaban J connectivity index is -0.0000000397. The summed E-state index contributed by atoms with van der Waals surface area (Å²) in [6, 6.07) is 38.7. The number of rotatable bonds is 4. The van der Waals surface area contributed by atoms with Gasteiger partial charge < -0.3 is 0 Å². The van der Waals surface area contributed by atoms with Gasteiger partial charge in [-0.2, -0.15) is 115 Å². The maximum atomic E-state index is 3.89. The first-order valence-electron chi connectivity index (χ1n) is 21.1. The third-order valence-corrected chi connectivity index (χ3v) is 5.28. The largest absolute Gasteiger partial charge is 0.199 e. The van der Waals surface area contributed by atoms with Crippen molar-refractivity contribution in [2.45, 2.75) is 177 Å². The SMILES string of the molecule is CC.CC.CC.CC.CC.CC.CCC.CCC.CCc1[c-]cccc1.CCc1cc[c-]cc1.[CH2-]c1ccc(CC)cc1.[CH2-]c1ccccc1CC.[V].[V].[W].[W]. The minimum atomic E-state index is 0. The smallest absolute Gasteiger partial charge is 0 e. The van der Waals surface area contributed by atoms with E-state index in [1.165, 1.54) is 35.1 Å². The molecule has 56 heavy (non-hydrogen) atoms. The van der Waals surface area contributed by atoms with E-state index in [9.17, 15) is 0 Å². The Hall–Kier alpha value is -0.835. The van der Waals surface area contributed by atoms with E-state index >= 15 is 0 Å². The van der Waals surface area contributed by atoms with Gasteiger partial charge in [0.1, 0.15) is 0 Å². The van der Waals surface area contributed by atoms with Crippen LogP contribution >= 0.6 is 0 Å². The van der Waals surface area contributed by atoms with Gasteiger partial charge in [-0.3, -0.25) is 0 Å². The molecule has 4 heteroatoms. The molecule has 0 nitrogen and oxygen atoms in total. The second kappa shape index (κ2) is 90.3. The van der Waals surface area contributed by atoms with Gasteiger partial charge in [0.25, 0.3) is 0 Å². The zero-order valence-electron chi connectivity index (χ0n) is 40.6. The maximum Gasteiger partial charge on any atom is 0 e. The molecule has 0 aromatic heterocycles. The van der Waals surface area contributed by atoms with Crippen LogP contribution in [0.5, 0.6) is 0 Å². The van der Waals surface area contributed by atoms with E-state index < -0.39 is 0 Å². The van der Waals surface area contributed by atoms with Gasteiger partial charge in [0.05, 0.1) is 0 Å². The van der Waals surface area contributed by atoms with Crippen molar-refractivity contribution in [1.82, 2.24) is 0 Å². The van der Waals surface area contributed by atoms with Crippen LogP contribution in [-0.2, 0) is 105 Å². The molecule has 0 bridgehead atoms. The summed E-state index contributed by atoms with van der Waals surface area (Å²) in [7, 11) is 0. The molecule has 0 atom stereocenters. The molecule has 0 heterocycles. The molecule has 0 saturated carbocycles. The molecule has 0 N–H and O–H groups in total. The van der Waals surface area contributed by atoms with Crippen LogP contribution < -0.4 is 0 Å².